The highest BCUT2D eigenvalue weighted by atomic mass is 16.2. The highest BCUT2D eigenvalue weighted by Crippen LogP contribution is 2.33. The summed E-state index contributed by atoms with van der Waals surface area (Å²) < 4.78 is 0. The number of carbonyl (C=O) groups is 2. The monoisotopic (exact) mass is 343 g/mol. The number of amides is 2. The van der Waals surface area contributed by atoms with Crippen molar-refractivity contribution < 1.29 is 9.59 Å². The minimum absolute atomic E-state index is 0.0289. The van der Waals surface area contributed by atoms with Crippen molar-refractivity contribution in [2.24, 2.45) is 17.1 Å². The Balaban J connectivity index is 1.67. The molecule has 2 N–H and O–H groups in total. The van der Waals surface area contributed by atoms with Crippen LogP contribution in [0.15, 0.2) is 30.3 Å². The molecule has 25 heavy (non-hydrogen) atoms. The van der Waals surface area contributed by atoms with Gasteiger partial charge in [0, 0.05) is 31.7 Å². The topological polar surface area (TPSA) is 66.6 Å². The van der Waals surface area contributed by atoms with Gasteiger partial charge in [-0.1, -0.05) is 18.2 Å². The smallest absolute Gasteiger partial charge is 0.253 e. The van der Waals surface area contributed by atoms with Gasteiger partial charge in [-0.15, -0.1) is 0 Å². The van der Waals surface area contributed by atoms with Gasteiger partial charge >= 0.3 is 0 Å². The number of carbonyl (C=O) groups excluding carboxylic acids is 2. The normalized spacial score (nSPS) is 25.0. The zero-order valence-electron chi connectivity index (χ0n) is 15.1. The molecule has 0 aromatic heterocycles. The molecule has 2 amide bonds. The van der Waals surface area contributed by atoms with E-state index in [-0.39, 0.29) is 11.8 Å². The molecule has 0 bridgehead atoms. The van der Waals surface area contributed by atoms with Crippen LogP contribution in [0.5, 0.6) is 0 Å². The van der Waals surface area contributed by atoms with Crippen molar-refractivity contribution in [1.29, 1.82) is 0 Å². The van der Waals surface area contributed by atoms with Crippen LogP contribution in [-0.4, -0.2) is 54.3 Å². The van der Waals surface area contributed by atoms with Crippen molar-refractivity contribution in [2.75, 3.05) is 32.7 Å². The highest BCUT2D eigenvalue weighted by Gasteiger charge is 2.42. The molecule has 2 aliphatic rings. The van der Waals surface area contributed by atoms with Gasteiger partial charge in [0.1, 0.15) is 0 Å². The maximum absolute atomic E-state index is 13.1. The summed E-state index contributed by atoms with van der Waals surface area (Å²) in [6, 6.07) is 9.35. The van der Waals surface area contributed by atoms with Gasteiger partial charge in [-0.25, -0.2) is 0 Å². The van der Waals surface area contributed by atoms with Gasteiger partial charge in [0.15, 0.2) is 0 Å². The number of hydrogen-bond acceptors (Lipinski definition) is 3. The van der Waals surface area contributed by atoms with Crippen LogP contribution in [0.3, 0.4) is 0 Å². The third-order valence-corrected chi connectivity index (χ3v) is 5.76. The first-order valence-corrected chi connectivity index (χ1v) is 9.37. The molecular formula is C20H29N3O2. The first-order valence-electron chi connectivity index (χ1n) is 9.37. The highest BCUT2D eigenvalue weighted by molar-refractivity contribution is 5.95. The number of rotatable bonds is 3. The van der Waals surface area contributed by atoms with E-state index in [0.717, 1.165) is 45.3 Å². The second kappa shape index (κ2) is 7.56. The molecule has 0 spiro atoms. The predicted octanol–water partition coefficient (Wildman–Crippen LogP) is 2.13. The van der Waals surface area contributed by atoms with Gasteiger partial charge in [-0.3, -0.25) is 9.59 Å². The zero-order chi connectivity index (χ0) is 17.9. The molecule has 136 valence electrons. The van der Waals surface area contributed by atoms with Crippen LogP contribution in [0.25, 0.3) is 0 Å². The van der Waals surface area contributed by atoms with Gasteiger partial charge in [-0.2, -0.15) is 0 Å². The quantitative estimate of drug-likeness (QED) is 0.914. The molecule has 5 heteroatoms. The molecular weight excluding hydrogens is 314 g/mol. The Hall–Kier alpha value is -1.88. The third kappa shape index (κ3) is 3.87. The summed E-state index contributed by atoms with van der Waals surface area (Å²) in [5.74, 6) is 0.772. The van der Waals surface area contributed by atoms with Crippen LogP contribution in [0.4, 0.5) is 0 Å². The third-order valence-electron chi connectivity index (χ3n) is 5.76. The number of nitrogens with two attached hydrogens (primary N) is 1. The molecule has 3 rings (SSSR count). The lowest BCUT2D eigenvalue weighted by atomic mass is 9.79. The Morgan fingerprint density at radius 1 is 1.12 bits per heavy atom. The van der Waals surface area contributed by atoms with E-state index in [1.807, 2.05) is 47.1 Å². The van der Waals surface area contributed by atoms with Crippen molar-refractivity contribution in [1.82, 2.24) is 9.80 Å². The molecule has 0 saturated carbocycles. The van der Waals surface area contributed by atoms with E-state index < -0.39 is 5.41 Å². The van der Waals surface area contributed by atoms with Crippen molar-refractivity contribution in [3.63, 3.8) is 0 Å². The summed E-state index contributed by atoms with van der Waals surface area (Å²) in [6.45, 7) is 5.56. The zero-order valence-corrected chi connectivity index (χ0v) is 15.1. The fraction of sp³-hybridized carbons (Fsp3) is 0.600. The summed E-state index contributed by atoms with van der Waals surface area (Å²) in [7, 11) is 0. The molecule has 0 radical (unpaired) electrons. The van der Waals surface area contributed by atoms with E-state index in [4.69, 9.17) is 5.73 Å². The van der Waals surface area contributed by atoms with Gasteiger partial charge in [-0.05, 0) is 57.2 Å². The average Bonchev–Trinajstić information content (AvgIpc) is 2.67. The van der Waals surface area contributed by atoms with Crippen LogP contribution in [0.2, 0.25) is 0 Å². The standard InChI is InChI=1S/C20H29N3O2/c1-20(19(25)22-12-8-16(14-21)9-13-22)10-5-11-23(15-20)18(24)17-6-3-2-4-7-17/h2-4,6-7,16H,5,8-15,21H2,1H3. The van der Waals surface area contributed by atoms with E-state index in [9.17, 15) is 9.59 Å². The van der Waals surface area contributed by atoms with E-state index >= 15 is 0 Å². The van der Waals surface area contributed by atoms with Gasteiger partial charge in [0.05, 0.1) is 5.41 Å². The molecule has 2 heterocycles. The molecule has 1 aromatic rings. The Morgan fingerprint density at radius 2 is 1.80 bits per heavy atom. The maximum Gasteiger partial charge on any atom is 0.253 e. The Kier molecular flexibility index (Phi) is 5.42. The summed E-state index contributed by atoms with van der Waals surface area (Å²) in [5, 5.41) is 0. The van der Waals surface area contributed by atoms with Gasteiger partial charge < -0.3 is 15.5 Å². The molecule has 1 atom stereocenters. The maximum atomic E-state index is 13.1. The predicted molar refractivity (Wildman–Crippen MR) is 98.0 cm³/mol. The molecule has 0 aliphatic carbocycles. The SMILES string of the molecule is CC1(C(=O)N2CCC(CN)CC2)CCCN(C(=O)c2ccccc2)C1. The lowest BCUT2D eigenvalue weighted by molar-refractivity contribution is -0.145. The lowest BCUT2D eigenvalue weighted by Crippen LogP contribution is -2.54. The fourth-order valence-electron chi connectivity index (χ4n) is 4.10. The minimum atomic E-state index is -0.474. The number of nitrogens with zero attached hydrogens (tertiary/aromatic N) is 2. The first kappa shape index (κ1) is 17.9. The molecule has 5 nitrogen and oxygen atoms in total. The van der Waals surface area contributed by atoms with Gasteiger partial charge in [0.2, 0.25) is 5.91 Å². The molecule has 2 saturated heterocycles. The molecule has 2 fully saturated rings. The number of likely N-dealkylation sites (tertiary alicyclic amines) is 2. The van der Waals surface area contributed by atoms with Crippen LogP contribution in [0.1, 0.15) is 43.0 Å². The Bertz CT molecular complexity index is 611. The molecule has 1 unspecified atom stereocenters. The van der Waals surface area contributed by atoms with E-state index in [2.05, 4.69) is 0 Å². The summed E-state index contributed by atoms with van der Waals surface area (Å²) in [5.41, 5.74) is 5.98. The van der Waals surface area contributed by atoms with Crippen LogP contribution in [0, 0.1) is 11.3 Å². The Morgan fingerprint density at radius 3 is 2.44 bits per heavy atom. The first-order chi connectivity index (χ1) is 12.0. The second-order valence-electron chi connectivity index (χ2n) is 7.73. The van der Waals surface area contributed by atoms with Crippen LogP contribution in [-0.2, 0) is 4.79 Å². The summed E-state index contributed by atoms with van der Waals surface area (Å²) in [4.78, 5) is 29.7. The van der Waals surface area contributed by atoms with Crippen molar-refractivity contribution in [2.45, 2.75) is 32.6 Å². The van der Waals surface area contributed by atoms with E-state index in [1.54, 1.807) is 0 Å². The lowest BCUT2D eigenvalue weighted by Gasteiger charge is -2.43. The van der Waals surface area contributed by atoms with E-state index in [0.29, 0.717) is 24.6 Å². The van der Waals surface area contributed by atoms with Crippen LogP contribution < -0.4 is 5.73 Å². The number of benzene rings is 1. The summed E-state index contributed by atoms with van der Waals surface area (Å²) in [6.07, 6.45) is 3.71. The van der Waals surface area contributed by atoms with Crippen molar-refractivity contribution >= 4 is 11.8 Å². The summed E-state index contributed by atoms with van der Waals surface area (Å²) >= 11 is 0. The van der Waals surface area contributed by atoms with Crippen molar-refractivity contribution in [3.8, 4) is 0 Å². The number of piperidine rings is 2. The van der Waals surface area contributed by atoms with Crippen molar-refractivity contribution in [3.05, 3.63) is 35.9 Å². The second-order valence-corrected chi connectivity index (χ2v) is 7.73. The number of hydrogen-bond donors (Lipinski definition) is 1. The fourth-order valence-corrected chi connectivity index (χ4v) is 4.10. The van der Waals surface area contributed by atoms with Gasteiger partial charge in [0.25, 0.3) is 5.91 Å². The van der Waals surface area contributed by atoms with E-state index in [1.165, 1.54) is 0 Å². The average molecular weight is 343 g/mol. The van der Waals surface area contributed by atoms with Crippen LogP contribution >= 0.6 is 0 Å². The largest absolute Gasteiger partial charge is 0.342 e. The minimum Gasteiger partial charge on any atom is -0.342 e. The molecule has 1 aromatic carbocycles. The molecule has 2 aliphatic heterocycles. The Labute approximate surface area is 150 Å².